The fourth-order valence-corrected chi connectivity index (χ4v) is 8.81. The molecular formula is C32H40N4O4Si. The van der Waals surface area contributed by atoms with Crippen molar-refractivity contribution < 1.29 is 19.1 Å². The number of amidine groups is 1. The second-order valence-electron chi connectivity index (χ2n) is 12.8. The Bertz CT molecular complexity index is 1390. The molecule has 2 N–H and O–H groups in total. The van der Waals surface area contributed by atoms with Gasteiger partial charge in [0.2, 0.25) is 5.91 Å². The first-order chi connectivity index (χ1) is 19.4. The third kappa shape index (κ3) is 5.35. The lowest BCUT2D eigenvalue weighted by Gasteiger charge is -2.49. The number of amides is 3. The van der Waals surface area contributed by atoms with Crippen LogP contribution in [0.2, 0.25) is 24.7 Å². The van der Waals surface area contributed by atoms with Gasteiger partial charge in [0.25, 0.3) is 0 Å². The van der Waals surface area contributed by atoms with Crippen molar-refractivity contribution in [1.82, 2.24) is 15.5 Å². The van der Waals surface area contributed by atoms with Crippen LogP contribution in [0.25, 0.3) is 0 Å². The number of aliphatic imine (C=N–C) groups is 1. The molecule has 2 aliphatic heterocycles. The molecule has 216 valence electrons. The van der Waals surface area contributed by atoms with Gasteiger partial charge in [-0.25, -0.2) is 9.59 Å². The quantitative estimate of drug-likeness (QED) is 0.339. The van der Waals surface area contributed by atoms with Gasteiger partial charge in [0.1, 0.15) is 12.4 Å². The maximum atomic E-state index is 13.8. The van der Waals surface area contributed by atoms with Crippen LogP contribution in [0.3, 0.4) is 0 Å². The molecule has 41 heavy (non-hydrogen) atoms. The van der Waals surface area contributed by atoms with E-state index in [0.29, 0.717) is 24.5 Å². The molecule has 3 aliphatic rings. The average molecular weight is 573 g/mol. The number of hydrogen-bond donors (Lipinski definition) is 2. The van der Waals surface area contributed by atoms with Gasteiger partial charge in [0.15, 0.2) is 0 Å². The molecule has 3 amide bonds. The first-order valence-electron chi connectivity index (χ1n) is 14.4. The van der Waals surface area contributed by atoms with Crippen LogP contribution in [0.5, 0.6) is 0 Å². The van der Waals surface area contributed by atoms with E-state index in [9.17, 15) is 14.4 Å². The molecule has 0 radical (unpaired) electrons. The maximum absolute atomic E-state index is 13.8. The van der Waals surface area contributed by atoms with Gasteiger partial charge in [-0.1, -0.05) is 74.6 Å². The highest BCUT2D eigenvalue weighted by atomic mass is 28.3. The van der Waals surface area contributed by atoms with E-state index in [4.69, 9.17) is 9.73 Å². The molecule has 0 bridgehead atoms. The topological polar surface area (TPSA) is 100 Å². The Hall–Kier alpha value is -3.72. The molecule has 0 aromatic heterocycles. The fraction of sp³-hybridized carbons (Fsp3) is 0.438. The van der Waals surface area contributed by atoms with E-state index in [1.165, 1.54) is 0 Å². The van der Waals surface area contributed by atoms with Crippen molar-refractivity contribution in [3.8, 4) is 0 Å². The summed E-state index contributed by atoms with van der Waals surface area (Å²) in [5.74, 6) is 0.247. The molecule has 2 heterocycles. The number of hydrogen-bond acceptors (Lipinski definition) is 5. The third-order valence-electron chi connectivity index (χ3n) is 9.22. The van der Waals surface area contributed by atoms with E-state index in [-0.39, 0.29) is 23.6 Å². The van der Waals surface area contributed by atoms with Gasteiger partial charge >= 0.3 is 12.0 Å². The van der Waals surface area contributed by atoms with Crippen molar-refractivity contribution in [2.75, 3.05) is 19.7 Å². The first kappa shape index (κ1) is 28.8. The van der Waals surface area contributed by atoms with Gasteiger partial charge in [-0.3, -0.25) is 9.79 Å². The predicted octanol–water partition coefficient (Wildman–Crippen LogP) is 5.48. The van der Waals surface area contributed by atoms with Crippen molar-refractivity contribution in [3.63, 3.8) is 0 Å². The maximum Gasteiger partial charge on any atom is 0.338 e. The Morgan fingerprint density at radius 2 is 1.63 bits per heavy atom. The zero-order valence-corrected chi connectivity index (χ0v) is 25.6. The summed E-state index contributed by atoms with van der Waals surface area (Å²) in [7, 11) is -1.73. The summed E-state index contributed by atoms with van der Waals surface area (Å²) in [5.41, 5.74) is 2.68. The summed E-state index contributed by atoms with van der Waals surface area (Å²) >= 11 is 0. The highest BCUT2D eigenvalue weighted by molar-refractivity contribution is 6.82. The van der Waals surface area contributed by atoms with Gasteiger partial charge < -0.3 is 20.3 Å². The van der Waals surface area contributed by atoms with Crippen LogP contribution in [0, 0.1) is 0 Å². The number of urea groups is 1. The Morgan fingerprint density at radius 1 is 1.00 bits per heavy atom. The number of carbonyl (C=O) groups excluding carboxylic acids is 3. The Morgan fingerprint density at radius 3 is 2.22 bits per heavy atom. The normalized spacial score (nSPS) is 19.5. The lowest BCUT2D eigenvalue weighted by Crippen LogP contribution is -2.55. The predicted molar refractivity (Wildman–Crippen MR) is 163 cm³/mol. The van der Waals surface area contributed by atoms with Crippen LogP contribution in [-0.4, -0.2) is 62.0 Å². The molecule has 9 heteroatoms. The monoisotopic (exact) mass is 572 g/mol. The third-order valence-corrected chi connectivity index (χ3v) is 12.8. The number of carbonyl (C=O) groups is 3. The van der Waals surface area contributed by atoms with Crippen LogP contribution < -0.4 is 10.6 Å². The minimum absolute atomic E-state index is 0.00751. The van der Waals surface area contributed by atoms with Crippen molar-refractivity contribution in [1.29, 1.82) is 0 Å². The minimum Gasteiger partial charge on any atom is -0.460 e. The van der Waals surface area contributed by atoms with E-state index < -0.39 is 25.6 Å². The van der Waals surface area contributed by atoms with E-state index in [1.807, 2.05) is 50.2 Å². The van der Waals surface area contributed by atoms with Gasteiger partial charge in [-0.15, -0.1) is 0 Å². The zero-order chi connectivity index (χ0) is 29.4. The first-order valence-corrected chi connectivity index (χ1v) is 17.9. The molecule has 0 saturated heterocycles. The highest BCUT2D eigenvalue weighted by Crippen LogP contribution is 2.55. The van der Waals surface area contributed by atoms with Crippen LogP contribution in [0.4, 0.5) is 4.79 Å². The number of nitrogens with zero attached hydrogens (tertiary/aromatic N) is 2. The second kappa shape index (κ2) is 10.9. The molecule has 1 saturated carbocycles. The smallest absolute Gasteiger partial charge is 0.338 e. The van der Waals surface area contributed by atoms with E-state index in [1.54, 1.807) is 29.2 Å². The van der Waals surface area contributed by atoms with Gasteiger partial charge in [0, 0.05) is 10.6 Å². The van der Waals surface area contributed by atoms with Crippen LogP contribution in [0.1, 0.15) is 55.1 Å². The lowest BCUT2D eigenvalue weighted by molar-refractivity contribution is -0.125. The lowest BCUT2D eigenvalue weighted by atomic mass is 9.83. The summed E-state index contributed by atoms with van der Waals surface area (Å²) in [4.78, 5) is 46.5. The summed E-state index contributed by atoms with van der Waals surface area (Å²) in [6.07, 6.45) is 2.95. The molecule has 2 aromatic rings. The van der Waals surface area contributed by atoms with Crippen LogP contribution in [0.15, 0.2) is 76.8 Å². The number of rotatable bonds is 7. The van der Waals surface area contributed by atoms with Crippen molar-refractivity contribution in [2.45, 2.75) is 69.4 Å². The van der Waals surface area contributed by atoms with Gasteiger partial charge in [-0.05, 0) is 50.0 Å². The number of esters is 1. The highest BCUT2D eigenvalue weighted by Gasteiger charge is 2.54. The van der Waals surface area contributed by atoms with Gasteiger partial charge in [0.05, 0.1) is 38.3 Å². The number of nitrogens with one attached hydrogen (secondary N) is 2. The molecule has 8 nitrogen and oxygen atoms in total. The standard InChI is InChI=1S/C32H40N4O4Si/c1-31(2)25-19-33-27(35-29(38)32(17-12-18-32)41(3,4)5)24(25)20-36(31)30(39)34-26(22-13-8-6-9-14-22)21-40-28(37)23-15-10-7-11-16-23/h6-11,13-16,26H,12,17-21H2,1-5H3,(H,34,39)(H,33,35,38)/t26-/m1/s1. The van der Waals surface area contributed by atoms with Crippen LogP contribution in [-0.2, 0) is 9.53 Å². The van der Waals surface area contributed by atoms with Crippen LogP contribution >= 0.6 is 0 Å². The van der Waals surface area contributed by atoms with E-state index in [0.717, 1.165) is 36.0 Å². The number of benzene rings is 2. The number of ether oxygens (including phenoxy) is 1. The summed E-state index contributed by atoms with van der Waals surface area (Å²) in [5, 5.41) is 6.03. The molecule has 5 rings (SSSR count). The Kier molecular flexibility index (Phi) is 7.67. The minimum atomic E-state index is -1.73. The largest absolute Gasteiger partial charge is 0.460 e. The zero-order valence-electron chi connectivity index (χ0n) is 24.6. The summed E-state index contributed by atoms with van der Waals surface area (Å²) in [6, 6.07) is 17.5. The Balaban J connectivity index is 1.29. The van der Waals surface area contributed by atoms with E-state index in [2.05, 4.69) is 30.3 Å². The summed E-state index contributed by atoms with van der Waals surface area (Å²) in [6.45, 7) is 11.6. The molecule has 0 spiro atoms. The fourth-order valence-electron chi connectivity index (χ4n) is 6.21. The molecule has 1 aliphatic carbocycles. The molecule has 1 atom stereocenters. The molecular weight excluding hydrogens is 532 g/mol. The molecule has 1 fully saturated rings. The molecule has 2 aromatic carbocycles. The van der Waals surface area contributed by atoms with Gasteiger partial charge in [-0.2, -0.15) is 0 Å². The van der Waals surface area contributed by atoms with E-state index >= 15 is 0 Å². The SMILES string of the molecule is CC1(C)C2=C(CN1C(=O)N[C@H](COC(=O)c1ccccc1)c1ccccc1)C(NC(=O)C1([Si](C)(C)C)CCC1)=NC2. The summed E-state index contributed by atoms with van der Waals surface area (Å²) < 4.78 is 5.62. The average Bonchev–Trinajstić information content (AvgIpc) is 3.43. The van der Waals surface area contributed by atoms with Crippen molar-refractivity contribution in [3.05, 3.63) is 82.9 Å². The van der Waals surface area contributed by atoms with Crippen molar-refractivity contribution in [2.24, 2.45) is 4.99 Å². The Labute approximate surface area is 243 Å². The molecule has 0 unspecified atom stereocenters. The van der Waals surface area contributed by atoms with Crippen molar-refractivity contribution >= 4 is 31.8 Å². The second-order valence-corrected chi connectivity index (χ2v) is 18.2.